The van der Waals surface area contributed by atoms with Crippen molar-refractivity contribution in [3.8, 4) is 0 Å². The first-order valence-electron chi connectivity index (χ1n) is 5.88. The Kier molecular flexibility index (Phi) is 3.12. The molecule has 0 amide bonds. The standard InChI is InChI=1S/C12H20N2S/c1-3-10-8-14-11(15-10)12(13)6-4-5-9(2)7-12/h8-9H,3-7,13H2,1-2H3. The summed E-state index contributed by atoms with van der Waals surface area (Å²) < 4.78 is 0. The maximum Gasteiger partial charge on any atom is 0.113 e. The number of aromatic nitrogens is 1. The smallest absolute Gasteiger partial charge is 0.113 e. The van der Waals surface area contributed by atoms with Crippen molar-refractivity contribution in [1.29, 1.82) is 0 Å². The van der Waals surface area contributed by atoms with Gasteiger partial charge in [0.25, 0.3) is 0 Å². The van der Waals surface area contributed by atoms with E-state index < -0.39 is 0 Å². The van der Waals surface area contributed by atoms with Crippen LogP contribution in [0.15, 0.2) is 6.20 Å². The molecule has 0 bridgehead atoms. The second-order valence-electron chi connectivity index (χ2n) is 4.84. The molecule has 0 aromatic carbocycles. The summed E-state index contributed by atoms with van der Waals surface area (Å²) in [4.78, 5) is 5.87. The van der Waals surface area contributed by atoms with Crippen molar-refractivity contribution in [1.82, 2.24) is 4.98 Å². The minimum absolute atomic E-state index is 0.129. The average molecular weight is 224 g/mol. The first-order chi connectivity index (χ1) is 7.14. The molecule has 0 radical (unpaired) electrons. The van der Waals surface area contributed by atoms with Gasteiger partial charge in [-0.25, -0.2) is 4.98 Å². The van der Waals surface area contributed by atoms with Crippen molar-refractivity contribution in [3.05, 3.63) is 16.1 Å². The number of nitrogens with two attached hydrogens (primary N) is 1. The highest BCUT2D eigenvalue weighted by Crippen LogP contribution is 2.39. The van der Waals surface area contributed by atoms with Crippen molar-refractivity contribution in [2.24, 2.45) is 11.7 Å². The molecule has 2 atom stereocenters. The van der Waals surface area contributed by atoms with Gasteiger partial charge in [-0.1, -0.05) is 26.7 Å². The zero-order valence-corrected chi connectivity index (χ0v) is 10.4. The number of thiazole rings is 1. The molecule has 3 heteroatoms. The van der Waals surface area contributed by atoms with Crippen LogP contribution < -0.4 is 5.73 Å². The number of rotatable bonds is 2. The van der Waals surface area contributed by atoms with Crippen LogP contribution >= 0.6 is 11.3 Å². The highest BCUT2D eigenvalue weighted by molar-refractivity contribution is 7.11. The van der Waals surface area contributed by atoms with E-state index in [-0.39, 0.29) is 5.54 Å². The Morgan fingerprint density at radius 3 is 3.07 bits per heavy atom. The monoisotopic (exact) mass is 224 g/mol. The lowest BCUT2D eigenvalue weighted by atomic mass is 9.77. The molecule has 0 spiro atoms. The summed E-state index contributed by atoms with van der Waals surface area (Å²) in [6, 6.07) is 0. The summed E-state index contributed by atoms with van der Waals surface area (Å²) in [5.74, 6) is 0.748. The van der Waals surface area contributed by atoms with E-state index in [4.69, 9.17) is 5.73 Å². The van der Waals surface area contributed by atoms with E-state index in [1.165, 1.54) is 17.7 Å². The molecule has 2 nitrogen and oxygen atoms in total. The van der Waals surface area contributed by atoms with Crippen LogP contribution in [0.3, 0.4) is 0 Å². The van der Waals surface area contributed by atoms with E-state index in [0.717, 1.165) is 30.2 Å². The lowest BCUT2D eigenvalue weighted by Gasteiger charge is -2.35. The van der Waals surface area contributed by atoms with E-state index in [1.807, 2.05) is 6.20 Å². The van der Waals surface area contributed by atoms with Crippen LogP contribution in [-0.2, 0) is 12.0 Å². The maximum absolute atomic E-state index is 6.49. The van der Waals surface area contributed by atoms with Gasteiger partial charge < -0.3 is 5.73 Å². The summed E-state index contributed by atoms with van der Waals surface area (Å²) in [5.41, 5.74) is 6.36. The SMILES string of the molecule is CCc1cnc(C2(N)CCCC(C)C2)s1. The molecule has 84 valence electrons. The largest absolute Gasteiger partial charge is 0.319 e. The van der Waals surface area contributed by atoms with E-state index in [2.05, 4.69) is 18.8 Å². The Labute approximate surface area is 95.9 Å². The minimum Gasteiger partial charge on any atom is -0.319 e. The molecule has 1 aliphatic carbocycles. The summed E-state index contributed by atoms with van der Waals surface area (Å²) in [5, 5.41) is 1.16. The first kappa shape index (κ1) is 11.1. The van der Waals surface area contributed by atoms with Crippen LogP contribution in [0, 0.1) is 5.92 Å². The molecule has 1 heterocycles. The Morgan fingerprint density at radius 1 is 1.67 bits per heavy atom. The normalized spacial score (nSPS) is 31.8. The van der Waals surface area contributed by atoms with Crippen molar-refractivity contribution < 1.29 is 0 Å². The van der Waals surface area contributed by atoms with Gasteiger partial charge in [-0.2, -0.15) is 0 Å². The van der Waals surface area contributed by atoms with Gasteiger partial charge >= 0.3 is 0 Å². The van der Waals surface area contributed by atoms with Gasteiger partial charge in [0.2, 0.25) is 0 Å². The number of hydrogen-bond donors (Lipinski definition) is 1. The van der Waals surface area contributed by atoms with Gasteiger partial charge in [-0.15, -0.1) is 11.3 Å². The zero-order valence-electron chi connectivity index (χ0n) is 9.62. The fraction of sp³-hybridized carbons (Fsp3) is 0.750. The molecule has 1 saturated carbocycles. The van der Waals surface area contributed by atoms with Crippen LogP contribution in [0.25, 0.3) is 0 Å². The number of nitrogens with zero attached hydrogens (tertiary/aromatic N) is 1. The highest BCUT2D eigenvalue weighted by Gasteiger charge is 2.35. The third-order valence-electron chi connectivity index (χ3n) is 3.36. The summed E-state index contributed by atoms with van der Waals surface area (Å²) >= 11 is 1.80. The van der Waals surface area contributed by atoms with Gasteiger partial charge in [0.15, 0.2) is 0 Å². The van der Waals surface area contributed by atoms with E-state index >= 15 is 0 Å². The van der Waals surface area contributed by atoms with Gasteiger partial charge in [0, 0.05) is 11.1 Å². The third kappa shape index (κ3) is 2.23. The fourth-order valence-corrected chi connectivity index (χ4v) is 3.48. The van der Waals surface area contributed by atoms with Crippen molar-refractivity contribution in [3.63, 3.8) is 0 Å². The van der Waals surface area contributed by atoms with Crippen LogP contribution in [-0.4, -0.2) is 4.98 Å². The fourth-order valence-electron chi connectivity index (χ4n) is 2.49. The van der Waals surface area contributed by atoms with E-state index in [9.17, 15) is 0 Å². The number of hydrogen-bond acceptors (Lipinski definition) is 3. The molecule has 0 saturated heterocycles. The molecule has 0 aliphatic heterocycles. The third-order valence-corrected chi connectivity index (χ3v) is 4.72. The van der Waals surface area contributed by atoms with Crippen LogP contribution in [0.5, 0.6) is 0 Å². The number of aryl methyl sites for hydroxylation is 1. The Bertz CT molecular complexity index is 334. The lowest BCUT2D eigenvalue weighted by molar-refractivity contribution is 0.238. The highest BCUT2D eigenvalue weighted by atomic mass is 32.1. The summed E-state index contributed by atoms with van der Waals surface area (Å²) in [7, 11) is 0. The van der Waals surface area contributed by atoms with E-state index in [1.54, 1.807) is 11.3 Å². The maximum atomic E-state index is 6.49. The van der Waals surface area contributed by atoms with Crippen LogP contribution in [0.2, 0.25) is 0 Å². The molecule has 15 heavy (non-hydrogen) atoms. The van der Waals surface area contributed by atoms with Crippen LogP contribution in [0.4, 0.5) is 0 Å². The molecule has 2 rings (SSSR count). The molecule has 1 aromatic heterocycles. The Balaban J connectivity index is 2.20. The predicted molar refractivity (Wildman–Crippen MR) is 65.0 cm³/mol. The molecule has 1 aliphatic rings. The van der Waals surface area contributed by atoms with Crippen LogP contribution in [0.1, 0.15) is 49.4 Å². The summed E-state index contributed by atoms with van der Waals surface area (Å²) in [6.45, 7) is 4.47. The molecule has 2 N–H and O–H groups in total. The minimum atomic E-state index is -0.129. The zero-order chi connectivity index (χ0) is 10.9. The van der Waals surface area contributed by atoms with Gasteiger partial charge in [0.05, 0.1) is 5.54 Å². The van der Waals surface area contributed by atoms with Crippen molar-refractivity contribution >= 4 is 11.3 Å². The van der Waals surface area contributed by atoms with Crippen molar-refractivity contribution in [2.75, 3.05) is 0 Å². The quantitative estimate of drug-likeness (QED) is 0.838. The lowest BCUT2D eigenvalue weighted by Crippen LogP contribution is -2.40. The van der Waals surface area contributed by atoms with Gasteiger partial charge in [0.1, 0.15) is 5.01 Å². The molecule has 1 fully saturated rings. The molecule has 1 aromatic rings. The molecule has 2 unspecified atom stereocenters. The average Bonchev–Trinajstić information content (AvgIpc) is 2.66. The molecular formula is C12H20N2S. The van der Waals surface area contributed by atoms with Crippen molar-refractivity contribution in [2.45, 2.75) is 51.5 Å². The Morgan fingerprint density at radius 2 is 2.47 bits per heavy atom. The second kappa shape index (κ2) is 4.22. The Hall–Kier alpha value is -0.410. The van der Waals surface area contributed by atoms with Gasteiger partial charge in [-0.3, -0.25) is 0 Å². The summed E-state index contributed by atoms with van der Waals surface area (Å²) in [6.07, 6.45) is 7.85. The van der Waals surface area contributed by atoms with Gasteiger partial charge in [-0.05, 0) is 25.2 Å². The van der Waals surface area contributed by atoms with E-state index in [0.29, 0.717) is 0 Å². The topological polar surface area (TPSA) is 38.9 Å². The predicted octanol–water partition coefficient (Wildman–Crippen LogP) is 3.07. The second-order valence-corrected chi connectivity index (χ2v) is 5.96. The first-order valence-corrected chi connectivity index (χ1v) is 6.70. The molecular weight excluding hydrogens is 204 g/mol.